The van der Waals surface area contributed by atoms with Gasteiger partial charge in [-0.2, -0.15) is 13.7 Å². The zero-order valence-corrected chi connectivity index (χ0v) is 41.7. The van der Waals surface area contributed by atoms with E-state index in [1.807, 2.05) is 0 Å². The number of allylic oxidation sites excluding steroid dienone is 1. The largest absolute Gasteiger partial charge is 0.456 e. The number of imidazole rings is 1. The minimum atomic E-state index is -1.83. The Morgan fingerprint density at radius 2 is 1.36 bits per heavy atom. The van der Waals surface area contributed by atoms with Crippen LogP contribution in [0.1, 0.15) is 48.9 Å². The maximum Gasteiger partial charge on any atom is 0.300 e. The molecular formula is C65H57N3OSi+2. The average Bonchev–Trinajstić information content (AvgIpc) is 3.93. The third-order valence-electron chi connectivity index (χ3n) is 15.4. The van der Waals surface area contributed by atoms with Crippen LogP contribution in [0.25, 0.3) is 100 Å². The van der Waals surface area contributed by atoms with Gasteiger partial charge in [-0.3, -0.25) is 0 Å². The fraction of sp³-hybridized carbons (Fsp3) is 0.169. The highest BCUT2D eigenvalue weighted by Gasteiger charge is 2.48. The van der Waals surface area contributed by atoms with Crippen molar-refractivity contribution in [1.29, 1.82) is 0 Å². The molecule has 3 aromatic heterocycles. The minimum Gasteiger partial charge on any atom is -0.456 e. The summed E-state index contributed by atoms with van der Waals surface area (Å²) in [5.41, 5.74) is 19.0. The average molecular weight is 924 g/mol. The van der Waals surface area contributed by atoms with E-state index in [9.17, 15) is 0 Å². The van der Waals surface area contributed by atoms with E-state index < -0.39 is 8.07 Å². The summed E-state index contributed by atoms with van der Waals surface area (Å²) >= 11 is 0. The molecule has 0 N–H and O–H groups in total. The van der Waals surface area contributed by atoms with Gasteiger partial charge in [-0.1, -0.05) is 155 Å². The Kier molecular flexibility index (Phi) is 9.87. The first-order chi connectivity index (χ1) is 34.1. The minimum absolute atomic E-state index is 0.0814. The molecule has 13 rings (SSSR count). The molecule has 2 unspecified atom stereocenters. The zero-order chi connectivity index (χ0) is 47.4. The molecule has 8 aromatic carbocycles. The standard InChI is InChI=1S/C65H57N3OSi/c1-41(2)35-48-37-59-51-26-16-15-25-50(51)53-32-29-47-38-61-56(52-27-17-18-28-60(52)69-61)39-55(47)65-67(42(3)63(53)66(59)40-62(48)70(4,5)6)64-49-24-14-13-23-45(49)30-34-58(64)68(65)57-33-31-46(43-19-9-7-10-20-43)36-54(57)44-21-11-8-12-22-44/h7-28,30-31,33-34,36-41,53,63H,3,29,32,35H2,1-2,4-6H3/q+2. The van der Waals surface area contributed by atoms with Gasteiger partial charge in [-0.25, -0.2) is 0 Å². The molecule has 11 aromatic rings. The van der Waals surface area contributed by atoms with Crippen LogP contribution in [0.15, 0.2) is 199 Å². The molecule has 0 saturated heterocycles. The fourth-order valence-electron chi connectivity index (χ4n) is 12.3. The van der Waals surface area contributed by atoms with Crippen molar-refractivity contribution >= 4 is 62.7 Å². The topological polar surface area (TPSA) is 25.8 Å². The molecule has 5 heterocycles. The molecule has 0 aliphatic carbocycles. The lowest BCUT2D eigenvalue weighted by Gasteiger charge is -2.32. The lowest BCUT2D eigenvalue weighted by molar-refractivity contribution is -0.723. The number of fused-ring (bicyclic) bond motifs is 16. The van der Waals surface area contributed by atoms with Crippen LogP contribution in [-0.4, -0.2) is 12.6 Å². The van der Waals surface area contributed by atoms with E-state index in [0.717, 1.165) is 69.4 Å². The summed E-state index contributed by atoms with van der Waals surface area (Å²) in [7, 11) is -1.83. The highest BCUT2D eigenvalue weighted by molar-refractivity contribution is 6.89. The Hall–Kier alpha value is -7.60. The molecule has 4 nitrogen and oxygen atoms in total. The summed E-state index contributed by atoms with van der Waals surface area (Å²) < 4.78 is 14.6. The Morgan fingerprint density at radius 3 is 2.14 bits per heavy atom. The number of rotatable bonds is 6. The maximum atomic E-state index is 6.76. The highest BCUT2D eigenvalue weighted by Crippen LogP contribution is 2.48. The first-order valence-electron chi connectivity index (χ1n) is 25.2. The summed E-state index contributed by atoms with van der Waals surface area (Å²) in [6.07, 6.45) is 5.44. The maximum absolute atomic E-state index is 6.76. The lowest BCUT2D eigenvalue weighted by Crippen LogP contribution is -2.57. The van der Waals surface area contributed by atoms with E-state index in [2.05, 4.69) is 235 Å². The number of para-hydroxylation sites is 1. The van der Waals surface area contributed by atoms with E-state index in [1.54, 1.807) is 0 Å². The Morgan fingerprint density at radius 1 is 0.643 bits per heavy atom. The molecule has 5 heteroatoms. The molecule has 0 radical (unpaired) electrons. The number of pyridine rings is 1. The van der Waals surface area contributed by atoms with Crippen LogP contribution in [0.3, 0.4) is 0 Å². The quantitative estimate of drug-likeness (QED) is 0.121. The van der Waals surface area contributed by atoms with Gasteiger partial charge in [0.05, 0.1) is 19.6 Å². The molecule has 0 saturated carbocycles. The summed E-state index contributed by atoms with van der Waals surface area (Å²) in [6.45, 7) is 17.7. The lowest BCUT2D eigenvalue weighted by atomic mass is 9.78. The van der Waals surface area contributed by atoms with E-state index in [1.165, 1.54) is 71.7 Å². The van der Waals surface area contributed by atoms with Gasteiger partial charge in [0.25, 0.3) is 0 Å². The van der Waals surface area contributed by atoms with Gasteiger partial charge < -0.3 is 4.42 Å². The predicted octanol–water partition coefficient (Wildman–Crippen LogP) is 15.4. The Bertz CT molecular complexity index is 3910. The molecule has 0 amide bonds. The number of aryl methyl sites for hydroxylation is 1. The van der Waals surface area contributed by atoms with Crippen molar-refractivity contribution in [1.82, 2.24) is 4.57 Å². The summed E-state index contributed by atoms with van der Waals surface area (Å²) in [4.78, 5) is 0. The second kappa shape index (κ2) is 16.3. The Balaban J connectivity index is 1.20. The second-order valence-electron chi connectivity index (χ2n) is 21.2. The van der Waals surface area contributed by atoms with Crippen molar-refractivity contribution in [3.05, 3.63) is 211 Å². The van der Waals surface area contributed by atoms with Crippen LogP contribution in [0, 0.1) is 5.92 Å². The van der Waals surface area contributed by atoms with E-state index in [4.69, 9.17) is 11.0 Å². The second-order valence-corrected chi connectivity index (χ2v) is 26.3. The van der Waals surface area contributed by atoms with Crippen molar-refractivity contribution in [2.24, 2.45) is 5.92 Å². The number of hydrogen-bond acceptors (Lipinski definition) is 1. The van der Waals surface area contributed by atoms with Gasteiger partial charge in [0.1, 0.15) is 16.9 Å². The van der Waals surface area contributed by atoms with Gasteiger partial charge >= 0.3 is 5.82 Å². The zero-order valence-electron chi connectivity index (χ0n) is 40.7. The number of benzene rings is 8. The smallest absolute Gasteiger partial charge is 0.300 e. The molecule has 2 aliphatic heterocycles. The molecule has 340 valence electrons. The Labute approximate surface area is 411 Å². The normalized spacial score (nSPS) is 15.6. The summed E-state index contributed by atoms with van der Waals surface area (Å²) in [6, 6.07) is 67.5. The van der Waals surface area contributed by atoms with E-state index in [0.29, 0.717) is 5.92 Å². The third-order valence-corrected chi connectivity index (χ3v) is 17.4. The monoisotopic (exact) mass is 923 g/mol. The van der Waals surface area contributed by atoms with Crippen LogP contribution in [-0.2, 0) is 12.8 Å². The highest BCUT2D eigenvalue weighted by atomic mass is 28.3. The summed E-state index contributed by atoms with van der Waals surface area (Å²) in [5.74, 6) is 1.79. The molecule has 70 heavy (non-hydrogen) atoms. The van der Waals surface area contributed by atoms with Crippen LogP contribution in [0.5, 0.6) is 0 Å². The molecule has 0 spiro atoms. The molecule has 2 aliphatic rings. The van der Waals surface area contributed by atoms with Gasteiger partial charge in [-0.05, 0) is 125 Å². The van der Waals surface area contributed by atoms with E-state index in [-0.39, 0.29) is 12.0 Å². The first kappa shape index (κ1) is 42.5. The van der Waals surface area contributed by atoms with Gasteiger partial charge in [0.2, 0.25) is 11.7 Å². The molecular weight excluding hydrogens is 867 g/mol. The van der Waals surface area contributed by atoms with Crippen LogP contribution in [0.4, 0.5) is 0 Å². The number of nitrogens with zero attached hydrogens (tertiary/aromatic N) is 3. The molecule has 0 bridgehead atoms. The van der Waals surface area contributed by atoms with Crippen molar-refractivity contribution < 1.29 is 13.6 Å². The van der Waals surface area contributed by atoms with Crippen molar-refractivity contribution in [3.8, 4) is 50.6 Å². The third kappa shape index (κ3) is 6.70. The number of aromatic nitrogens is 3. The number of furan rings is 1. The number of hydrogen-bond donors (Lipinski definition) is 0. The van der Waals surface area contributed by atoms with Gasteiger partial charge in [0, 0.05) is 38.5 Å². The SMILES string of the molecule is C=C1C2C(CCc3cc4oc5ccccc5c4cc3-c3n(-c4ccc(-c5ccccc5)cc4-c4ccccc4)c4ccc5ccccc5c4[n+]31)c1ccccc1-c1cc(CC(C)C)c([Si](C)(C)C)c[n+]12. The fourth-order valence-corrected chi connectivity index (χ4v) is 13.9. The van der Waals surface area contributed by atoms with Crippen molar-refractivity contribution in [2.75, 3.05) is 0 Å². The van der Waals surface area contributed by atoms with Gasteiger partial charge in [0.15, 0.2) is 22.9 Å². The van der Waals surface area contributed by atoms with Gasteiger partial charge in [-0.15, -0.1) is 0 Å². The van der Waals surface area contributed by atoms with Crippen molar-refractivity contribution in [3.63, 3.8) is 0 Å². The van der Waals surface area contributed by atoms with Crippen LogP contribution >= 0.6 is 0 Å². The van der Waals surface area contributed by atoms with Crippen LogP contribution < -0.4 is 14.3 Å². The molecule has 2 atom stereocenters. The summed E-state index contributed by atoms with van der Waals surface area (Å²) in [5, 5.41) is 6.18. The first-order valence-corrected chi connectivity index (χ1v) is 28.7. The molecule has 0 fully saturated rings. The van der Waals surface area contributed by atoms with E-state index >= 15 is 0 Å². The predicted molar refractivity (Wildman–Crippen MR) is 294 cm³/mol. The van der Waals surface area contributed by atoms with Crippen molar-refractivity contribution in [2.45, 2.75) is 64.7 Å². The van der Waals surface area contributed by atoms with Crippen LogP contribution in [0.2, 0.25) is 19.6 Å².